The van der Waals surface area contributed by atoms with Crippen LogP contribution in [0, 0.1) is 0 Å². The van der Waals surface area contributed by atoms with Gasteiger partial charge in [-0.25, -0.2) is 0 Å². The number of hydrogen-bond donors (Lipinski definition) is 1. The van der Waals surface area contributed by atoms with Gasteiger partial charge in [0.1, 0.15) is 24.1 Å². The highest BCUT2D eigenvalue weighted by atomic mass is 31.2. The zero-order valence-electron chi connectivity index (χ0n) is 20.3. The molecule has 0 aliphatic carbocycles. The van der Waals surface area contributed by atoms with Gasteiger partial charge in [0, 0.05) is 17.3 Å². The average molecular weight is 501 g/mol. The topological polar surface area (TPSA) is 80.7 Å². The van der Waals surface area contributed by atoms with Crippen molar-refractivity contribution in [3.8, 4) is 33.8 Å². The zero-order chi connectivity index (χ0) is 26.0. The van der Waals surface area contributed by atoms with E-state index in [9.17, 15) is 19.3 Å². The lowest BCUT2D eigenvalue weighted by Crippen LogP contribution is -2.02. The maximum Gasteiger partial charge on any atom is 0.150 e. The summed E-state index contributed by atoms with van der Waals surface area (Å²) in [6.07, 6.45) is 2.22. The molecule has 6 heteroatoms. The van der Waals surface area contributed by atoms with Gasteiger partial charge in [-0.05, 0) is 59.8 Å². The Morgan fingerprint density at radius 2 is 1.19 bits per heavy atom. The first-order valence-corrected chi connectivity index (χ1v) is 14.2. The fraction of sp³-hybridized carbons (Fsp3) is 0.133. The first kappa shape index (κ1) is 26.7. The van der Waals surface area contributed by atoms with Gasteiger partial charge in [0.05, 0.1) is 13.7 Å². The van der Waals surface area contributed by atoms with Crippen molar-refractivity contribution < 1.29 is 24.0 Å². The molecule has 4 aromatic rings. The van der Waals surface area contributed by atoms with E-state index in [0.29, 0.717) is 23.9 Å². The number of carbonyl (C=O) groups excluding carboxylic acids is 2. The van der Waals surface area contributed by atoms with Crippen molar-refractivity contribution in [2.75, 3.05) is 26.1 Å². The molecule has 0 spiro atoms. The summed E-state index contributed by atoms with van der Waals surface area (Å²) in [6.45, 7) is 3.99. The van der Waals surface area contributed by atoms with Gasteiger partial charge in [0.25, 0.3) is 0 Å². The minimum absolute atomic E-state index is 0.243. The summed E-state index contributed by atoms with van der Waals surface area (Å²) < 4.78 is 17.3. The van der Waals surface area contributed by atoms with Crippen LogP contribution < -0.4 is 4.74 Å². The first-order valence-electron chi connectivity index (χ1n) is 11.4. The van der Waals surface area contributed by atoms with Crippen molar-refractivity contribution in [3.63, 3.8) is 0 Å². The second-order valence-corrected chi connectivity index (χ2v) is 12.3. The predicted octanol–water partition coefficient (Wildman–Crippen LogP) is 7.04. The molecule has 0 aromatic heterocycles. The number of ether oxygens (including phenoxy) is 1. The van der Waals surface area contributed by atoms with Crippen molar-refractivity contribution in [1.82, 2.24) is 0 Å². The number of hydrogen-bond acceptors (Lipinski definition) is 5. The minimum atomic E-state index is -2.04. The van der Waals surface area contributed by atoms with E-state index in [1.165, 1.54) is 0 Å². The van der Waals surface area contributed by atoms with Crippen LogP contribution in [0.5, 0.6) is 11.5 Å². The van der Waals surface area contributed by atoms with Crippen LogP contribution in [0.25, 0.3) is 22.3 Å². The maximum atomic E-state index is 11.6. The molecule has 0 bridgehead atoms. The van der Waals surface area contributed by atoms with Crippen molar-refractivity contribution in [2.24, 2.45) is 0 Å². The highest BCUT2D eigenvalue weighted by molar-refractivity contribution is 7.62. The molecule has 4 aromatic carbocycles. The van der Waals surface area contributed by atoms with Crippen LogP contribution in [0.1, 0.15) is 20.7 Å². The SMILES string of the molecule is CP(C)(=O)CCOc1cccc(-c2ccc(C=O)cc2)c1.O=Cc1ccc(-c2cccc(O)c2)cc1. The Balaban J connectivity index is 0.000000212. The number of carbonyl (C=O) groups is 2. The lowest BCUT2D eigenvalue weighted by atomic mass is 10.0. The van der Waals surface area contributed by atoms with Crippen molar-refractivity contribution in [3.05, 3.63) is 108 Å². The molecule has 0 unspecified atom stereocenters. The van der Waals surface area contributed by atoms with E-state index in [1.54, 1.807) is 55.8 Å². The summed E-state index contributed by atoms with van der Waals surface area (Å²) in [5, 5.41) is 9.32. The third-order valence-electron chi connectivity index (χ3n) is 5.34. The van der Waals surface area contributed by atoms with Crippen LogP contribution in [-0.2, 0) is 4.57 Å². The first-order chi connectivity index (χ1) is 17.3. The Morgan fingerprint density at radius 3 is 1.67 bits per heavy atom. The standard InChI is InChI=1S/C17H19O3P.C13H10O2/c1-21(2,19)11-10-20-17-5-3-4-16(12-17)15-8-6-14(13-18)7-9-15;14-9-10-4-6-11(7-5-10)12-2-1-3-13(15)8-12/h3-9,12-13H,10-11H2,1-2H3;1-9,15H. The largest absolute Gasteiger partial charge is 0.508 e. The molecule has 0 heterocycles. The lowest BCUT2D eigenvalue weighted by Gasteiger charge is -2.10. The van der Waals surface area contributed by atoms with E-state index in [1.807, 2.05) is 54.6 Å². The molecule has 184 valence electrons. The van der Waals surface area contributed by atoms with Crippen molar-refractivity contribution >= 4 is 19.7 Å². The number of phenolic OH excluding ortho intramolecular Hbond substituents is 1. The highest BCUT2D eigenvalue weighted by Gasteiger charge is 2.07. The molecule has 4 rings (SSSR count). The summed E-state index contributed by atoms with van der Waals surface area (Å²) in [5.74, 6) is 1.01. The molecule has 5 nitrogen and oxygen atoms in total. The van der Waals surface area contributed by atoms with Gasteiger partial charge < -0.3 is 14.4 Å². The smallest absolute Gasteiger partial charge is 0.150 e. The molecule has 0 saturated carbocycles. The second-order valence-electron chi connectivity index (χ2n) is 8.70. The van der Waals surface area contributed by atoms with Gasteiger partial charge in [-0.15, -0.1) is 0 Å². The van der Waals surface area contributed by atoms with E-state index >= 15 is 0 Å². The maximum absolute atomic E-state index is 11.6. The summed E-state index contributed by atoms with van der Waals surface area (Å²) in [7, 11) is -2.04. The minimum Gasteiger partial charge on any atom is -0.508 e. The molecular formula is C30H29O5P. The van der Waals surface area contributed by atoms with Crippen LogP contribution in [0.4, 0.5) is 0 Å². The normalized spacial score (nSPS) is 10.6. The Bertz CT molecular complexity index is 1340. The van der Waals surface area contributed by atoms with E-state index in [-0.39, 0.29) is 5.75 Å². The molecule has 0 fully saturated rings. The predicted molar refractivity (Wildman–Crippen MR) is 146 cm³/mol. The van der Waals surface area contributed by atoms with Crippen LogP contribution in [0.3, 0.4) is 0 Å². The van der Waals surface area contributed by atoms with Crippen LogP contribution >= 0.6 is 7.14 Å². The monoisotopic (exact) mass is 500 g/mol. The van der Waals surface area contributed by atoms with Crippen LogP contribution in [0.15, 0.2) is 97.1 Å². The van der Waals surface area contributed by atoms with Gasteiger partial charge in [0.2, 0.25) is 0 Å². The third kappa shape index (κ3) is 8.37. The molecule has 0 saturated heterocycles. The van der Waals surface area contributed by atoms with Gasteiger partial charge in [-0.3, -0.25) is 9.59 Å². The van der Waals surface area contributed by atoms with Crippen LogP contribution in [-0.4, -0.2) is 43.8 Å². The Morgan fingerprint density at radius 1 is 0.694 bits per heavy atom. The summed E-state index contributed by atoms with van der Waals surface area (Å²) in [5.41, 5.74) is 5.29. The summed E-state index contributed by atoms with van der Waals surface area (Å²) >= 11 is 0. The summed E-state index contributed by atoms with van der Waals surface area (Å²) in [4.78, 5) is 21.1. The third-order valence-corrected chi connectivity index (χ3v) is 6.60. The lowest BCUT2D eigenvalue weighted by molar-refractivity contribution is 0.111. The van der Waals surface area contributed by atoms with Gasteiger partial charge in [0.15, 0.2) is 0 Å². The number of phenols is 1. The van der Waals surface area contributed by atoms with Gasteiger partial charge >= 0.3 is 0 Å². The Hall–Kier alpha value is -3.95. The molecule has 0 aliphatic rings. The number of rotatable bonds is 8. The van der Waals surface area contributed by atoms with E-state index < -0.39 is 7.14 Å². The molecule has 1 N–H and O–H groups in total. The number of aromatic hydroxyl groups is 1. The molecule has 0 radical (unpaired) electrons. The number of benzene rings is 4. The Kier molecular flexibility index (Phi) is 9.38. The molecule has 36 heavy (non-hydrogen) atoms. The second kappa shape index (κ2) is 12.7. The van der Waals surface area contributed by atoms with Crippen molar-refractivity contribution in [1.29, 1.82) is 0 Å². The van der Waals surface area contributed by atoms with Gasteiger partial charge in [-0.1, -0.05) is 72.8 Å². The average Bonchev–Trinajstić information content (AvgIpc) is 2.89. The Labute approximate surface area is 211 Å². The van der Waals surface area contributed by atoms with Gasteiger partial charge in [-0.2, -0.15) is 0 Å². The van der Waals surface area contributed by atoms with E-state index in [4.69, 9.17) is 4.74 Å². The fourth-order valence-corrected chi connectivity index (χ4v) is 3.87. The highest BCUT2D eigenvalue weighted by Crippen LogP contribution is 2.35. The van der Waals surface area contributed by atoms with Crippen molar-refractivity contribution in [2.45, 2.75) is 0 Å². The zero-order valence-corrected chi connectivity index (χ0v) is 21.2. The number of aldehydes is 2. The quantitative estimate of drug-likeness (QED) is 0.207. The summed E-state index contributed by atoms with van der Waals surface area (Å²) in [6, 6.07) is 29.4. The van der Waals surface area contributed by atoms with E-state index in [0.717, 1.165) is 40.6 Å². The molecule has 0 aliphatic heterocycles. The van der Waals surface area contributed by atoms with E-state index in [2.05, 4.69) is 0 Å². The fourth-order valence-electron chi connectivity index (χ4n) is 3.34. The molecular weight excluding hydrogens is 471 g/mol. The molecule has 0 amide bonds. The molecule has 0 atom stereocenters. The van der Waals surface area contributed by atoms with Crippen LogP contribution in [0.2, 0.25) is 0 Å².